The average molecular weight is 1800 g/mol. The Morgan fingerprint density at radius 3 is 1.14 bits per heavy atom. The molecule has 2 rings (SSSR count). The van der Waals surface area contributed by atoms with Crippen LogP contribution in [0.25, 0.3) is 0 Å². The number of carboxylic acid groups (broad SMARTS) is 3. The van der Waals surface area contributed by atoms with Crippen LogP contribution in [-0.4, -0.2) is 256 Å². The number of amides is 15. The fraction of sp³-hybridized carbons (Fsp3) is 0.675. The number of benzene rings is 1. The topological polar surface area (TPSA) is 747 Å². The molecule has 0 unspecified atom stereocenters. The van der Waals surface area contributed by atoms with Crippen LogP contribution in [0.4, 0.5) is 0 Å². The van der Waals surface area contributed by atoms with E-state index in [9.17, 15) is 102 Å². The Hall–Kier alpha value is -11.3. The maximum atomic E-state index is 14.8. The molecule has 44 nitrogen and oxygen atoms in total. The van der Waals surface area contributed by atoms with Crippen LogP contribution in [-0.2, 0) is 99.1 Å². The quantitative estimate of drug-likeness (QED) is 0.0279. The highest BCUT2D eigenvalue weighted by atomic mass is 16.4. The summed E-state index contributed by atoms with van der Waals surface area (Å²) < 4.78 is 0. The van der Waals surface area contributed by atoms with Crippen molar-refractivity contribution in [2.45, 2.75) is 300 Å². The van der Waals surface area contributed by atoms with Crippen LogP contribution < -0.4 is 115 Å². The summed E-state index contributed by atoms with van der Waals surface area (Å²) in [6.45, 7) is 11.9. The van der Waals surface area contributed by atoms with Gasteiger partial charge in [-0.2, -0.15) is 0 Å². The molecule has 15 atom stereocenters. The van der Waals surface area contributed by atoms with Crippen molar-refractivity contribution in [1.29, 1.82) is 0 Å². The number of nitrogens with one attached hydrogen (secondary N) is 15. The van der Waals surface area contributed by atoms with Gasteiger partial charge >= 0.3 is 17.9 Å². The summed E-state index contributed by atoms with van der Waals surface area (Å²) in [5.41, 5.74) is 41.5. The molecule has 0 bridgehead atoms. The molecule has 32 N–H and O–H groups in total. The number of hydrogen-bond acceptors (Lipinski definition) is 25. The maximum absolute atomic E-state index is 14.8. The van der Waals surface area contributed by atoms with Gasteiger partial charge in [0.05, 0.1) is 18.9 Å². The largest absolute Gasteiger partial charge is 0.481 e. The summed E-state index contributed by atoms with van der Waals surface area (Å²) in [4.78, 5) is 254. The van der Waals surface area contributed by atoms with E-state index in [0.29, 0.717) is 75.6 Å². The summed E-state index contributed by atoms with van der Waals surface area (Å²) in [6.07, 6.45) is 2.62. The Kier molecular flexibility index (Phi) is 54.5. The van der Waals surface area contributed by atoms with Gasteiger partial charge in [-0.3, -0.25) is 81.5 Å². The van der Waals surface area contributed by atoms with Gasteiger partial charge in [-0.25, -0.2) is 9.78 Å². The smallest absolute Gasteiger partial charge is 0.326 e. The first-order valence-corrected chi connectivity index (χ1v) is 43.7. The SMILES string of the molecule is CC[C@H](C)[C@H](NC(=O)[C@H](Cc1ccccc1)NC(=O)[C@@H](N)CCCCN)C(=O)N[C@@H](C)C(=O)N[C@@H](CCCCN)C(=O)N[C@@H](CCC(=O)O)C(=O)N[C@@H](CCC(N)=O)C(=O)N[C@@H](CC(C)C)C(=O)N[C@@H](CCCCN)C(=O)N[C@@H](CCCCN)C(=O)N[C@@H](Cc1cnc[nH]1)C(=O)N[C@@H](CC(C)C)C(=O)NCC(=O)N[C@@H](CCC(=O)O)C(=O)N[C@@H](CCCCN)C(=O)O. The van der Waals surface area contributed by atoms with Crippen molar-refractivity contribution in [2.75, 3.05) is 39.3 Å². The zero-order valence-corrected chi connectivity index (χ0v) is 74.2. The van der Waals surface area contributed by atoms with Crippen molar-refractivity contribution in [3.05, 3.63) is 54.1 Å². The molecule has 0 aliphatic rings. The minimum Gasteiger partial charge on any atom is -0.481 e. The van der Waals surface area contributed by atoms with Crippen LogP contribution in [0.15, 0.2) is 42.9 Å². The van der Waals surface area contributed by atoms with Crippen molar-refractivity contribution in [2.24, 2.45) is 57.9 Å². The molecular formula is C83H141N23O21. The van der Waals surface area contributed by atoms with Crippen molar-refractivity contribution < 1.29 is 102 Å². The Morgan fingerprint density at radius 2 is 0.732 bits per heavy atom. The zero-order chi connectivity index (χ0) is 95.3. The number of aromatic amines is 1. The molecule has 1 heterocycles. The first-order chi connectivity index (χ1) is 60.2. The van der Waals surface area contributed by atoms with E-state index in [1.165, 1.54) is 19.4 Å². The van der Waals surface area contributed by atoms with Gasteiger partial charge in [-0.05, 0) is 185 Å². The number of carbonyl (C=O) groups excluding carboxylic acids is 15. The Balaban J connectivity index is 2.53. The van der Waals surface area contributed by atoms with Gasteiger partial charge in [0.25, 0.3) is 0 Å². The number of rotatable bonds is 68. The molecule has 0 fully saturated rings. The van der Waals surface area contributed by atoms with E-state index in [1.54, 1.807) is 71.9 Å². The minimum absolute atomic E-state index is 0.0192. The van der Waals surface area contributed by atoms with Crippen LogP contribution in [0.1, 0.15) is 214 Å². The van der Waals surface area contributed by atoms with Gasteiger partial charge in [0.1, 0.15) is 78.5 Å². The molecule has 1 aromatic heterocycles. The van der Waals surface area contributed by atoms with E-state index in [2.05, 4.69) is 84.4 Å². The first-order valence-electron chi connectivity index (χ1n) is 43.7. The van der Waals surface area contributed by atoms with Gasteiger partial charge in [0.2, 0.25) is 88.6 Å². The summed E-state index contributed by atoms with van der Waals surface area (Å²) in [5.74, 6) is -19.3. The predicted octanol–water partition coefficient (Wildman–Crippen LogP) is -4.18. The monoisotopic (exact) mass is 1800 g/mol. The Labute approximate surface area is 740 Å². The number of unbranched alkanes of at least 4 members (excludes halogenated alkanes) is 5. The first kappa shape index (κ1) is 112. The minimum atomic E-state index is -1.79. The number of hydrogen-bond donors (Lipinski definition) is 25. The highest BCUT2D eigenvalue weighted by Crippen LogP contribution is 2.17. The van der Waals surface area contributed by atoms with Crippen molar-refractivity contribution in [1.82, 2.24) is 84.4 Å². The van der Waals surface area contributed by atoms with Crippen LogP contribution in [0, 0.1) is 17.8 Å². The van der Waals surface area contributed by atoms with Crippen molar-refractivity contribution >= 4 is 107 Å². The summed E-state index contributed by atoms with van der Waals surface area (Å²) in [5, 5.41) is 64.9. The lowest BCUT2D eigenvalue weighted by Gasteiger charge is -2.29. The third-order valence-corrected chi connectivity index (χ3v) is 20.7. The maximum Gasteiger partial charge on any atom is 0.326 e. The number of nitrogens with two attached hydrogens (primary N) is 7. The molecule has 44 heteroatoms. The molecule has 0 spiro atoms. The van der Waals surface area contributed by atoms with E-state index in [0.717, 1.165) is 0 Å². The van der Waals surface area contributed by atoms with Crippen molar-refractivity contribution in [3.8, 4) is 0 Å². The van der Waals surface area contributed by atoms with E-state index in [-0.39, 0.29) is 103 Å². The highest BCUT2D eigenvalue weighted by Gasteiger charge is 2.39. The van der Waals surface area contributed by atoms with Crippen LogP contribution in [0.2, 0.25) is 0 Å². The second-order valence-corrected chi connectivity index (χ2v) is 32.5. The zero-order valence-electron chi connectivity index (χ0n) is 74.2. The summed E-state index contributed by atoms with van der Waals surface area (Å²) in [6, 6.07) is -11.5. The third-order valence-electron chi connectivity index (χ3n) is 20.7. The van der Waals surface area contributed by atoms with Gasteiger partial charge in [-0.1, -0.05) is 84.7 Å². The summed E-state index contributed by atoms with van der Waals surface area (Å²) in [7, 11) is 0. The van der Waals surface area contributed by atoms with Gasteiger partial charge < -0.3 is 135 Å². The normalized spacial score (nSPS) is 14.8. The fourth-order valence-electron chi connectivity index (χ4n) is 13.2. The molecule has 0 aliphatic heterocycles. The number of H-pyrrole nitrogens is 1. The number of imidazole rings is 1. The number of aromatic nitrogens is 2. The lowest BCUT2D eigenvalue weighted by atomic mass is 9.96. The predicted molar refractivity (Wildman–Crippen MR) is 467 cm³/mol. The molecule has 0 saturated heterocycles. The van der Waals surface area contributed by atoms with Gasteiger partial charge in [0.15, 0.2) is 0 Å². The Bertz CT molecular complexity index is 3820. The van der Waals surface area contributed by atoms with Crippen LogP contribution >= 0.6 is 0 Å². The lowest BCUT2D eigenvalue weighted by Crippen LogP contribution is -2.61. The third kappa shape index (κ3) is 45.6. The van der Waals surface area contributed by atoms with Crippen LogP contribution in [0.5, 0.6) is 0 Å². The number of aliphatic carboxylic acids is 3. The van der Waals surface area contributed by atoms with Gasteiger partial charge in [0, 0.05) is 44.0 Å². The van der Waals surface area contributed by atoms with E-state index in [4.69, 9.17) is 40.1 Å². The average Bonchev–Trinajstić information content (AvgIpc) is 1.10. The number of carboxylic acids is 3. The van der Waals surface area contributed by atoms with E-state index in [1.807, 2.05) is 0 Å². The number of primary amides is 1. The van der Waals surface area contributed by atoms with Crippen LogP contribution in [0.3, 0.4) is 0 Å². The molecular weight excluding hydrogens is 1660 g/mol. The van der Waals surface area contributed by atoms with Gasteiger partial charge in [-0.15, -0.1) is 0 Å². The highest BCUT2D eigenvalue weighted by molar-refractivity contribution is 6.00. The second kappa shape index (κ2) is 61.9. The molecule has 15 amide bonds. The molecule has 0 aliphatic carbocycles. The second-order valence-electron chi connectivity index (χ2n) is 32.5. The molecule has 0 saturated carbocycles. The number of nitrogens with zero attached hydrogens (tertiary/aromatic N) is 1. The van der Waals surface area contributed by atoms with Crippen molar-refractivity contribution in [3.63, 3.8) is 0 Å². The fourth-order valence-corrected chi connectivity index (χ4v) is 13.2. The Morgan fingerprint density at radius 1 is 0.378 bits per heavy atom. The summed E-state index contributed by atoms with van der Waals surface area (Å²) >= 11 is 0. The molecule has 0 radical (unpaired) electrons. The van der Waals surface area contributed by atoms with E-state index < -0.39 is 248 Å². The molecule has 714 valence electrons. The molecule has 1 aromatic carbocycles. The molecule has 2 aromatic rings. The number of carbonyl (C=O) groups is 18. The standard InChI is InChI=1S/C83H141N23O21/c1-8-49(6)69(106-81(124)63(42-51-22-10-9-11-23-51)102-71(114)53(89)24-12-17-35-84)82(125)94-50(7)70(113)96-54(25-13-18-36-85)73(116)100-59(31-34-68(111)112)77(120)99-58(29-32-65(90)107)78(121)104-62(41-48(4)5)79(122)98-55(26-14-19-37-86)74(117)97-56(27-15-20-38-87)75(118)105-64(43-52-44-91-46-93-52)80(123)103-61(40-47(2)3)72(115)92-45-66(108)95-57(30-33-67(109)110)76(119)101-60(83(126)127)28-16-21-39-88/h9-11,22-23,44,46-50,53-64,69H,8,12-21,24-43,45,84-89H2,1-7H3,(H2,90,107)(H,91,93)(H,92,115)(H,94,125)(H,95,108)(H,96,113)(H,97,117)(H,98,122)(H,99,120)(H,100,116)(H,101,119)(H,102,114)(H,103,123)(H,104,121)(H,105,118)(H,106,124)(H,109,110)(H,111,112)(H,126,127)/t49-,50-,53-,54-,55-,56-,57-,58-,59-,60-,61-,62-,63-,64-,69-/m0/s1. The lowest BCUT2D eigenvalue weighted by molar-refractivity contribution is -0.143. The molecule has 127 heavy (non-hydrogen) atoms. The van der Waals surface area contributed by atoms with E-state index >= 15 is 0 Å².